The number of aliphatic hydroxyl groups excluding tert-OH is 2. The van der Waals surface area contributed by atoms with E-state index >= 15 is 4.39 Å². The Bertz CT molecular complexity index is 1090. The summed E-state index contributed by atoms with van der Waals surface area (Å²) in [6, 6.07) is 5.64. The van der Waals surface area contributed by atoms with Crippen LogP contribution < -0.4 is 14.8 Å². The van der Waals surface area contributed by atoms with Gasteiger partial charge >= 0.3 is 0 Å². The Kier molecular flexibility index (Phi) is 6.99. The number of hydrogen-bond donors (Lipinski definition) is 4. The lowest BCUT2D eigenvalue weighted by Crippen LogP contribution is -2.34. The van der Waals surface area contributed by atoms with Crippen molar-refractivity contribution in [2.75, 3.05) is 23.8 Å². The van der Waals surface area contributed by atoms with Crippen LogP contribution in [-0.2, 0) is 10.0 Å². The van der Waals surface area contributed by atoms with E-state index in [0.29, 0.717) is 3.57 Å². The largest absolute Gasteiger partial charge is 0.494 e. The molecule has 1 aliphatic carbocycles. The van der Waals surface area contributed by atoms with Crippen LogP contribution >= 0.6 is 22.6 Å². The van der Waals surface area contributed by atoms with Crippen molar-refractivity contribution in [2.24, 2.45) is 0 Å². The SMILES string of the molecule is COc1cc(C)c(F)c(Nc2ccc(I)cc2F)c1NS(=O)(=O)C1(CC(O)CO)CC1. The first kappa shape index (κ1) is 24.0. The molecule has 1 saturated carbocycles. The summed E-state index contributed by atoms with van der Waals surface area (Å²) in [7, 11) is -2.80. The molecule has 2 aromatic rings. The molecule has 0 bridgehead atoms. The molecule has 0 aliphatic heterocycles. The number of benzene rings is 2. The Hall–Kier alpha value is -1.70. The maximum atomic E-state index is 15.1. The summed E-state index contributed by atoms with van der Waals surface area (Å²) in [6.07, 6.45) is -0.798. The summed E-state index contributed by atoms with van der Waals surface area (Å²) in [5, 5.41) is 21.5. The molecule has 7 nitrogen and oxygen atoms in total. The van der Waals surface area contributed by atoms with Crippen molar-refractivity contribution in [3.05, 3.63) is 45.0 Å². The highest BCUT2D eigenvalue weighted by Crippen LogP contribution is 2.49. The van der Waals surface area contributed by atoms with Crippen LogP contribution in [0.4, 0.5) is 25.8 Å². The van der Waals surface area contributed by atoms with Crippen molar-refractivity contribution < 1.29 is 32.1 Å². The van der Waals surface area contributed by atoms with Gasteiger partial charge in [-0.2, -0.15) is 0 Å². The second-order valence-electron chi connectivity index (χ2n) is 7.54. The number of hydrogen-bond acceptors (Lipinski definition) is 6. The standard InChI is InChI=1S/C20H23F2IN2O5S/c1-11-7-16(30-2)18(25-31(28,29)20(5-6-20)9-13(27)10-26)19(17(11)22)24-15-4-3-12(23)8-14(15)21/h3-4,7-8,13,24-27H,5-6,9-10H2,1-2H3. The van der Waals surface area contributed by atoms with Gasteiger partial charge in [-0.25, -0.2) is 17.2 Å². The van der Waals surface area contributed by atoms with E-state index in [1.807, 2.05) is 22.6 Å². The Morgan fingerprint density at radius 1 is 1.26 bits per heavy atom. The quantitative estimate of drug-likeness (QED) is 0.344. The summed E-state index contributed by atoms with van der Waals surface area (Å²) in [5.74, 6) is -1.35. The zero-order chi connectivity index (χ0) is 23.0. The lowest BCUT2D eigenvalue weighted by atomic mass is 10.1. The minimum absolute atomic E-state index is 0.0377. The Balaban J connectivity index is 2.06. The Labute approximate surface area is 193 Å². The average molecular weight is 568 g/mol. The number of aliphatic hydroxyl groups is 2. The number of rotatable bonds is 9. The summed E-state index contributed by atoms with van der Waals surface area (Å²) in [6.45, 7) is 0.907. The van der Waals surface area contributed by atoms with Crippen molar-refractivity contribution in [2.45, 2.75) is 37.0 Å². The summed E-state index contributed by atoms with van der Waals surface area (Å²) in [4.78, 5) is 0. The molecule has 1 atom stereocenters. The summed E-state index contributed by atoms with van der Waals surface area (Å²) < 4.78 is 62.7. The van der Waals surface area contributed by atoms with E-state index in [4.69, 9.17) is 9.84 Å². The predicted octanol–water partition coefficient (Wildman–Crippen LogP) is 3.65. The first-order chi connectivity index (χ1) is 14.5. The Morgan fingerprint density at radius 3 is 2.48 bits per heavy atom. The lowest BCUT2D eigenvalue weighted by molar-refractivity contribution is 0.0858. The predicted molar refractivity (Wildman–Crippen MR) is 122 cm³/mol. The topological polar surface area (TPSA) is 108 Å². The van der Waals surface area contributed by atoms with Gasteiger partial charge in [-0.05, 0) is 78.6 Å². The zero-order valence-electron chi connectivity index (χ0n) is 16.9. The van der Waals surface area contributed by atoms with Gasteiger partial charge in [-0.3, -0.25) is 4.72 Å². The van der Waals surface area contributed by atoms with Crippen molar-refractivity contribution in [1.82, 2.24) is 0 Å². The first-order valence-electron chi connectivity index (χ1n) is 9.44. The normalized spacial score (nSPS) is 16.0. The van der Waals surface area contributed by atoms with E-state index in [0.717, 1.165) is 0 Å². The molecular formula is C20H23F2IN2O5S. The van der Waals surface area contributed by atoms with Gasteiger partial charge in [-0.1, -0.05) is 0 Å². The van der Waals surface area contributed by atoms with E-state index in [1.165, 1.54) is 32.2 Å². The molecular weight excluding hydrogens is 545 g/mol. The smallest absolute Gasteiger partial charge is 0.238 e. The maximum Gasteiger partial charge on any atom is 0.238 e. The highest BCUT2D eigenvalue weighted by Gasteiger charge is 2.55. The fourth-order valence-corrected chi connectivity index (χ4v) is 5.52. The second kappa shape index (κ2) is 9.04. The number of methoxy groups -OCH3 is 1. The molecule has 1 unspecified atom stereocenters. The molecule has 11 heteroatoms. The van der Waals surface area contributed by atoms with Crippen molar-refractivity contribution >= 4 is 49.7 Å². The van der Waals surface area contributed by atoms with Gasteiger partial charge in [0.15, 0.2) is 5.82 Å². The molecule has 0 spiro atoms. The highest BCUT2D eigenvalue weighted by atomic mass is 127. The van der Waals surface area contributed by atoms with Gasteiger partial charge in [0, 0.05) is 3.57 Å². The third kappa shape index (κ3) is 4.89. The van der Waals surface area contributed by atoms with Gasteiger partial charge in [0.2, 0.25) is 10.0 Å². The lowest BCUT2D eigenvalue weighted by Gasteiger charge is -2.23. The van der Waals surface area contributed by atoms with Crippen LogP contribution in [0.5, 0.6) is 5.75 Å². The van der Waals surface area contributed by atoms with Crippen molar-refractivity contribution in [3.8, 4) is 5.75 Å². The molecule has 0 aromatic heterocycles. The number of halogens is 3. The number of aryl methyl sites for hydroxylation is 1. The van der Waals surface area contributed by atoms with Gasteiger partial charge < -0.3 is 20.3 Å². The molecule has 0 radical (unpaired) electrons. The maximum absolute atomic E-state index is 15.1. The van der Waals surface area contributed by atoms with Crippen LogP contribution in [0, 0.1) is 22.1 Å². The van der Waals surface area contributed by atoms with Gasteiger partial charge in [-0.15, -0.1) is 0 Å². The molecule has 2 aromatic carbocycles. The highest BCUT2D eigenvalue weighted by molar-refractivity contribution is 14.1. The summed E-state index contributed by atoms with van der Waals surface area (Å²) in [5.41, 5.74) is -0.346. The minimum atomic E-state index is -4.10. The number of nitrogens with one attached hydrogen (secondary N) is 2. The van der Waals surface area contributed by atoms with Crippen LogP contribution in [0.3, 0.4) is 0 Å². The van der Waals surface area contributed by atoms with E-state index in [-0.39, 0.29) is 47.6 Å². The molecule has 0 saturated heterocycles. The fourth-order valence-electron chi connectivity index (χ4n) is 3.33. The second-order valence-corrected chi connectivity index (χ2v) is 10.9. The molecule has 31 heavy (non-hydrogen) atoms. The van der Waals surface area contributed by atoms with E-state index in [9.17, 15) is 17.9 Å². The average Bonchev–Trinajstić information content (AvgIpc) is 3.50. The molecule has 4 N–H and O–H groups in total. The zero-order valence-corrected chi connectivity index (χ0v) is 19.9. The fraction of sp³-hybridized carbons (Fsp3) is 0.400. The first-order valence-corrected chi connectivity index (χ1v) is 12.0. The number of ether oxygens (including phenoxy) is 1. The van der Waals surface area contributed by atoms with Gasteiger partial charge in [0.1, 0.15) is 22.9 Å². The molecule has 0 amide bonds. The van der Waals surface area contributed by atoms with Crippen LogP contribution in [0.25, 0.3) is 0 Å². The van der Waals surface area contributed by atoms with Crippen LogP contribution in [0.15, 0.2) is 24.3 Å². The van der Waals surface area contributed by atoms with E-state index in [2.05, 4.69) is 10.0 Å². The van der Waals surface area contributed by atoms with Crippen LogP contribution in [0.2, 0.25) is 0 Å². The number of sulfonamides is 1. The third-order valence-electron chi connectivity index (χ3n) is 5.25. The van der Waals surface area contributed by atoms with Gasteiger partial charge in [0.25, 0.3) is 0 Å². The summed E-state index contributed by atoms with van der Waals surface area (Å²) >= 11 is 1.94. The molecule has 1 aliphatic rings. The van der Waals surface area contributed by atoms with Crippen LogP contribution in [-0.4, -0.2) is 43.2 Å². The molecule has 3 rings (SSSR count). The molecule has 170 valence electrons. The van der Waals surface area contributed by atoms with Gasteiger partial charge in [0.05, 0.1) is 30.3 Å². The Morgan fingerprint density at radius 2 is 1.94 bits per heavy atom. The van der Waals surface area contributed by atoms with Crippen LogP contribution in [0.1, 0.15) is 24.8 Å². The van der Waals surface area contributed by atoms with E-state index in [1.54, 1.807) is 6.07 Å². The monoisotopic (exact) mass is 568 g/mol. The third-order valence-corrected chi connectivity index (χ3v) is 8.11. The molecule has 1 fully saturated rings. The van der Waals surface area contributed by atoms with E-state index < -0.39 is 39.1 Å². The molecule has 0 heterocycles. The van der Waals surface area contributed by atoms with Crippen molar-refractivity contribution in [3.63, 3.8) is 0 Å². The van der Waals surface area contributed by atoms with Crippen molar-refractivity contribution in [1.29, 1.82) is 0 Å². The number of anilines is 3. The minimum Gasteiger partial charge on any atom is -0.494 e.